The predicted octanol–water partition coefficient (Wildman–Crippen LogP) is 2.78. The van der Waals surface area contributed by atoms with Gasteiger partial charge in [-0.3, -0.25) is 9.59 Å². The molecule has 0 spiro atoms. The normalized spacial score (nSPS) is 12.7. The summed E-state index contributed by atoms with van der Waals surface area (Å²) < 4.78 is 11.5. The average Bonchev–Trinajstić information content (AvgIpc) is 3.08. The summed E-state index contributed by atoms with van der Waals surface area (Å²) >= 11 is 3.31. The summed E-state index contributed by atoms with van der Waals surface area (Å²) in [4.78, 5) is 27.0. The molecule has 2 heterocycles. The summed E-state index contributed by atoms with van der Waals surface area (Å²) in [6, 6.07) is 12.0. The second-order valence-electron chi connectivity index (χ2n) is 5.55. The fourth-order valence-electron chi connectivity index (χ4n) is 2.54. The molecule has 4 rings (SSSR count). The van der Waals surface area contributed by atoms with Gasteiger partial charge in [-0.15, -0.1) is 0 Å². The number of hydrogen-bond donors (Lipinski definition) is 2. The number of rotatable bonds is 3. The van der Waals surface area contributed by atoms with E-state index in [2.05, 4.69) is 31.4 Å². The molecule has 1 aromatic heterocycles. The molecule has 0 saturated heterocycles. The molecular formula is C18H12BrN3O4. The van der Waals surface area contributed by atoms with Crippen molar-refractivity contribution in [1.82, 2.24) is 10.4 Å². The molecule has 0 fully saturated rings. The van der Waals surface area contributed by atoms with E-state index in [9.17, 15) is 9.59 Å². The van der Waals surface area contributed by atoms with Crippen LogP contribution in [0, 0.1) is 0 Å². The molecule has 0 radical (unpaired) electrons. The molecule has 1 aliphatic heterocycles. The zero-order chi connectivity index (χ0) is 18.1. The van der Waals surface area contributed by atoms with Crippen molar-refractivity contribution in [3.05, 3.63) is 68.4 Å². The van der Waals surface area contributed by atoms with Crippen molar-refractivity contribution in [3.8, 4) is 11.5 Å². The van der Waals surface area contributed by atoms with Crippen LogP contribution in [0.5, 0.6) is 11.5 Å². The van der Waals surface area contributed by atoms with Gasteiger partial charge in [0.05, 0.1) is 17.3 Å². The van der Waals surface area contributed by atoms with Gasteiger partial charge in [-0.2, -0.15) is 5.10 Å². The monoisotopic (exact) mass is 413 g/mol. The number of carbonyl (C=O) groups excluding carboxylic acids is 1. The molecule has 0 atom stereocenters. The van der Waals surface area contributed by atoms with E-state index in [1.54, 1.807) is 42.5 Å². The minimum atomic E-state index is -0.366. The van der Waals surface area contributed by atoms with Crippen LogP contribution >= 0.6 is 15.9 Å². The number of aromatic amines is 1. The molecule has 0 aliphatic carbocycles. The van der Waals surface area contributed by atoms with E-state index < -0.39 is 0 Å². The molecular weight excluding hydrogens is 402 g/mol. The number of ether oxygens (including phenoxy) is 2. The maximum Gasteiger partial charge on any atom is 0.271 e. The Bertz CT molecular complexity index is 1090. The molecule has 3 aromatic rings. The molecule has 1 aliphatic rings. The van der Waals surface area contributed by atoms with Gasteiger partial charge in [0.1, 0.15) is 0 Å². The van der Waals surface area contributed by atoms with E-state index in [1.165, 1.54) is 6.21 Å². The first-order chi connectivity index (χ1) is 12.6. The van der Waals surface area contributed by atoms with E-state index >= 15 is 0 Å². The van der Waals surface area contributed by atoms with Crippen molar-refractivity contribution in [3.63, 3.8) is 0 Å². The quantitative estimate of drug-likeness (QED) is 0.509. The van der Waals surface area contributed by atoms with Crippen LogP contribution in [0.3, 0.4) is 0 Å². The van der Waals surface area contributed by atoms with Crippen molar-refractivity contribution in [2.45, 2.75) is 0 Å². The number of H-pyrrole nitrogens is 1. The van der Waals surface area contributed by atoms with Crippen LogP contribution in [0.15, 0.2) is 56.8 Å². The van der Waals surface area contributed by atoms with Crippen LogP contribution in [0.2, 0.25) is 0 Å². The number of hydrazone groups is 1. The average molecular weight is 414 g/mol. The lowest BCUT2D eigenvalue weighted by Crippen LogP contribution is -2.19. The minimum Gasteiger partial charge on any atom is -0.454 e. The van der Waals surface area contributed by atoms with Gasteiger partial charge in [-0.1, -0.05) is 15.9 Å². The van der Waals surface area contributed by atoms with Crippen LogP contribution < -0.4 is 20.5 Å². The Morgan fingerprint density at radius 1 is 1.15 bits per heavy atom. The van der Waals surface area contributed by atoms with Gasteiger partial charge in [-0.05, 0) is 36.4 Å². The third-order valence-electron chi connectivity index (χ3n) is 3.84. The van der Waals surface area contributed by atoms with Crippen molar-refractivity contribution in [2.75, 3.05) is 6.79 Å². The summed E-state index contributed by atoms with van der Waals surface area (Å²) in [5, 5.41) is 4.64. The number of amides is 1. The molecule has 0 unspecified atom stereocenters. The lowest BCUT2D eigenvalue weighted by molar-refractivity contribution is 0.0955. The van der Waals surface area contributed by atoms with Crippen molar-refractivity contribution >= 4 is 39.0 Å². The fraction of sp³-hybridized carbons (Fsp3) is 0.0556. The Morgan fingerprint density at radius 2 is 1.88 bits per heavy atom. The second-order valence-corrected chi connectivity index (χ2v) is 6.47. The Hall–Kier alpha value is -3.13. The summed E-state index contributed by atoms with van der Waals surface area (Å²) in [5.74, 6) is 0.849. The van der Waals surface area contributed by atoms with Gasteiger partial charge in [0.15, 0.2) is 11.5 Å². The highest BCUT2D eigenvalue weighted by Crippen LogP contribution is 2.35. The zero-order valence-electron chi connectivity index (χ0n) is 13.3. The lowest BCUT2D eigenvalue weighted by atomic mass is 10.1. The Kier molecular flexibility index (Phi) is 4.18. The van der Waals surface area contributed by atoms with Crippen molar-refractivity contribution in [1.29, 1.82) is 0 Å². The van der Waals surface area contributed by atoms with Gasteiger partial charge < -0.3 is 14.5 Å². The van der Waals surface area contributed by atoms with Crippen molar-refractivity contribution < 1.29 is 14.3 Å². The highest BCUT2D eigenvalue weighted by Gasteiger charge is 2.15. The molecule has 130 valence electrons. The third kappa shape index (κ3) is 3.18. The highest BCUT2D eigenvalue weighted by molar-refractivity contribution is 9.10. The van der Waals surface area contributed by atoms with Gasteiger partial charge in [0.25, 0.3) is 11.5 Å². The predicted molar refractivity (Wildman–Crippen MR) is 99.9 cm³/mol. The van der Waals surface area contributed by atoms with Crippen LogP contribution in [-0.2, 0) is 0 Å². The van der Waals surface area contributed by atoms with Crippen LogP contribution in [0.4, 0.5) is 0 Å². The highest BCUT2D eigenvalue weighted by atomic mass is 79.9. The number of pyridine rings is 1. The largest absolute Gasteiger partial charge is 0.454 e. The number of nitrogens with zero attached hydrogens (tertiary/aromatic N) is 1. The SMILES string of the molecule is O=C(N/N=C\c1cc2cc3c(cc2[nH]c1=O)OCO3)c1ccc(Br)cc1. The number of halogens is 1. The minimum absolute atomic E-state index is 0.159. The standard InChI is InChI=1S/C18H12BrN3O4/c19-13-3-1-10(2-4-13)18(24)22-20-8-12-5-11-6-15-16(26-9-25-15)7-14(11)21-17(12)23/h1-8H,9H2,(H,21,23)(H,22,24)/b20-8-. The second kappa shape index (κ2) is 6.64. The summed E-state index contributed by atoms with van der Waals surface area (Å²) in [6.07, 6.45) is 1.31. The molecule has 2 aromatic carbocycles. The maximum atomic E-state index is 12.2. The van der Waals surface area contributed by atoms with E-state index in [0.717, 1.165) is 9.86 Å². The molecule has 7 nitrogen and oxygen atoms in total. The van der Waals surface area contributed by atoms with Crippen LogP contribution in [-0.4, -0.2) is 23.9 Å². The lowest BCUT2D eigenvalue weighted by Gasteiger charge is -2.02. The summed E-state index contributed by atoms with van der Waals surface area (Å²) in [7, 11) is 0. The molecule has 1 amide bonds. The Morgan fingerprint density at radius 3 is 2.65 bits per heavy atom. The number of benzene rings is 2. The van der Waals surface area contributed by atoms with Crippen molar-refractivity contribution in [2.24, 2.45) is 5.10 Å². The first kappa shape index (κ1) is 16.3. The number of carbonyl (C=O) groups is 1. The van der Waals surface area contributed by atoms with E-state index in [4.69, 9.17) is 9.47 Å². The number of nitrogens with one attached hydrogen (secondary N) is 2. The third-order valence-corrected chi connectivity index (χ3v) is 4.37. The number of aromatic nitrogens is 1. The van der Waals surface area contributed by atoms with Gasteiger partial charge in [-0.25, -0.2) is 5.43 Å². The zero-order valence-corrected chi connectivity index (χ0v) is 14.9. The van der Waals surface area contributed by atoms with Crippen LogP contribution in [0.25, 0.3) is 10.9 Å². The summed E-state index contributed by atoms with van der Waals surface area (Å²) in [5.41, 5.74) is 3.49. The van der Waals surface area contributed by atoms with Gasteiger partial charge in [0, 0.05) is 21.5 Å². The molecule has 8 heteroatoms. The Labute approximate surface area is 155 Å². The topological polar surface area (TPSA) is 92.8 Å². The first-order valence-electron chi connectivity index (χ1n) is 7.66. The van der Waals surface area contributed by atoms with E-state index in [-0.39, 0.29) is 18.3 Å². The number of fused-ring (bicyclic) bond motifs is 2. The van der Waals surface area contributed by atoms with Gasteiger partial charge in [0.2, 0.25) is 6.79 Å². The molecule has 0 bridgehead atoms. The molecule has 0 saturated carbocycles. The molecule has 26 heavy (non-hydrogen) atoms. The maximum absolute atomic E-state index is 12.2. The van der Waals surface area contributed by atoms with Crippen LogP contribution in [0.1, 0.15) is 15.9 Å². The summed E-state index contributed by atoms with van der Waals surface area (Å²) in [6.45, 7) is 0.159. The first-order valence-corrected chi connectivity index (χ1v) is 8.45. The smallest absolute Gasteiger partial charge is 0.271 e. The van der Waals surface area contributed by atoms with E-state index in [1.807, 2.05) is 0 Å². The van der Waals surface area contributed by atoms with E-state index in [0.29, 0.717) is 28.1 Å². The fourth-order valence-corrected chi connectivity index (χ4v) is 2.80. The molecule has 2 N–H and O–H groups in total. The number of hydrogen-bond acceptors (Lipinski definition) is 5. The van der Waals surface area contributed by atoms with Gasteiger partial charge >= 0.3 is 0 Å². The Balaban J connectivity index is 1.56.